The van der Waals surface area contributed by atoms with Crippen LogP contribution in [0.5, 0.6) is 5.75 Å². The molecule has 6 nitrogen and oxygen atoms in total. The van der Waals surface area contributed by atoms with E-state index in [0.29, 0.717) is 6.42 Å². The molecule has 0 aromatic heterocycles. The van der Waals surface area contributed by atoms with Crippen molar-refractivity contribution in [2.75, 3.05) is 13.7 Å². The monoisotopic (exact) mass is 226 g/mol. The van der Waals surface area contributed by atoms with Gasteiger partial charge in [0.1, 0.15) is 0 Å². The number of nitro benzene ring substituents is 1. The minimum Gasteiger partial charge on any atom is -0.490 e. The number of ether oxygens (including phenoxy) is 1. The summed E-state index contributed by atoms with van der Waals surface area (Å²) in [6.45, 7) is 0.152. The van der Waals surface area contributed by atoms with E-state index in [1.54, 1.807) is 6.07 Å². The van der Waals surface area contributed by atoms with E-state index in [1.165, 1.54) is 19.2 Å². The van der Waals surface area contributed by atoms with E-state index in [0.717, 1.165) is 5.56 Å². The predicted octanol–water partition coefficient (Wildman–Crippen LogP) is 0.465. The van der Waals surface area contributed by atoms with Crippen LogP contribution < -0.4 is 10.5 Å². The van der Waals surface area contributed by atoms with Gasteiger partial charge in [-0.15, -0.1) is 0 Å². The van der Waals surface area contributed by atoms with E-state index in [4.69, 9.17) is 10.5 Å². The second kappa shape index (κ2) is 5.43. The minimum atomic E-state index is -0.647. The summed E-state index contributed by atoms with van der Waals surface area (Å²) >= 11 is 0. The van der Waals surface area contributed by atoms with Crippen LogP contribution in [-0.4, -0.2) is 29.8 Å². The van der Waals surface area contributed by atoms with Crippen molar-refractivity contribution in [2.45, 2.75) is 12.5 Å². The summed E-state index contributed by atoms with van der Waals surface area (Å²) in [6.07, 6.45) is -0.295. The van der Waals surface area contributed by atoms with Crippen molar-refractivity contribution in [2.24, 2.45) is 5.73 Å². The molecule has 0 bridgehead atoms. The highest BCUT2D eigenvalue weighted by Gasteiger charge is 2.15. The number of hydrogen-bond acceptors (Lipinski definition) is 5. The van der Waals surface area contributed by atoms with Gasteiger partial charge in [-0.3, -0.25) is 10.1 Å². The lowest BCUT2D eigenvalue weighted by Gasteiger charge is -2.09. The Morgan fingerprint density at radius 2 is 2.31 bits per heavy atom. The van der Waals surface area contributed by atoms with Gasteiger partial charge in [-0.1, -0.05) is 6.07 Å². The summed E-state index contributed by atoms with van der Waals surface area (Å²) in [5.41, 5.74) is 5.94. The molecule has 6 heteroatoms. The summed E-state index contributed by atoms with van der Waals surface area (Å²) < 4.78 is 4.91. The van der Waals surface area contributed by atoms with Gasteiger partial charge in [0.05, 0.1) is 18.1 Å². The molecule has 88 valence electrons. The van der Waals surface area contributed by atoms with Gasteiger partial charge in [-0.05, 0) is 18.1 Å². The number of rotatable bonds is 5. The molecule has 1 aromatic rings. The zero-order valence-electron chi connectivity index (χ0n) is 8.92. The summed E-state index contributed by atoms with van der Waals surface area (Å²) in [5, 5.41) is 20.0. The predicted molar refractivity (Wildman–Crippen MR) is 58.4 cm³/mol. The summed E-state index contributed by atoms with van der Waals surface area (Å²) in [5.74, 6) is 0.187. The van der Waals surface area contributed by atoms with Crippen LogP contribution in [-0.2, 0) is 6.42 Å². The van der Waals surface area contributed by atoms with Crippen molar-refractivity contribution in [3.63, 3.8) is 0 Å². The Hall–Kier alpha value is -1.66. The Morgan fingerprint density at radius 1 is 1.62 bits per heavy atom. The van der Waals surface area contributed by atoms with Crippen LogP contribution in [0.1, 0.15) is 5.56 Å². The molecule has 0 spiro atoms. The van der Waals surface area contributed by atoms with Crippen molar-refractivity contribution in [3.05, 3.63) is 33.9 Å². The van der Waals surface area contributed by atoms with Crippen LogP contribution in [0.3, 0.4) is 0 Å². The molecule has 0 aliphatic heterocycles. The lowest BCUT2D eigenvalue weighted by molar-refractivity contribution is -0.385. The van der Waals surface area contributed by atoms with Crippen LogP contribution in [0.15, 0.2) is 18.2 Å². The average molecular weight is 226 g/mol. The van der Waals surface area contributed by atoms with Crippen molar-refractivity contribution >= 4 is 5.69 Å². The molecule has 0 aliphatic rings. The van der Waals surface area contributed by atoms with E-state index in [2.05, 4.69) is 0 Å². The number of nitrogens with zero attached hydrogens (tertiary/aromatic N) is 1. The maximum Gasteiger partial charge on any atom is 0.310 e. The van der Waals surface area contributed by atoms with Crippen molar-refractivity contribution in [1.82, 2.24) is 0 Å². The maximum absolute atomic E-state index is 10.6. The van der Waals surface area contributed by atoms with Gasteiger partial charge in [0, 0.05) is 12.6 Å². The molecule has 16 heavy (non-hydrogen) atoms. The average Bonchev–Trinajstić information content (AvgIpc) is 2.28. The molecule has 1 unspecified atom stereocenters. The van der Waals surface area contributed by atoms with E-state index in [1.807, 2.05) is 0 Å². The first-order valence-corrected chi connectivity index (χ1v) is 4.78. The fraction of sp³-hybridized carbons (Fsp3) is 0.400. The van der Waals surface area contributed by atoms with Crippen molar-refractivity contribution < 1.29 is 14.8 Å². The highest BCUT2D eigenvalue weighted by Crippen LogP contribution is 2.27. The van der Waals surface area contributed by atoms with Crippen LogP contribution in [0.4, 0.5) is 5.69 Å². The molecular weight excluding hydrogens is 212 g/mol. The SMILES string of the molecule is COc1cc(CC(O)CN)ccc1[N+](=O)[O-]. The Labute approximate surface area is 92.8 Å². The summed E-state index contributed by atoms with van der Waals surface area (Å²) in [6, 6.07) is 4.48. The molecule has 0 heterocycles. The van der Waals surface area contributed by atoms with Gasteiger partial charge in [0.2, 0.25) is 0 Å². The third-order valence-corrected chi connectivity index (χ3v) is 2.18. The number of methoxy groups -OCH3 is 1. The summed E-state index contributed by atoms with van der Waals surface area (Å²) in [7, 11) is 1.37. The number of hydrogen-bond donors (Lipinski definition) is 2. The van der Waals surface area contributed by atoms with Gasteiger partial charge in [0.25, 0.3) is 0 Å². The van der Waals surface area contributed by atoms with Crippen molar-refractivity contribution in [1.29, 1.82) is 0 Å². The van der Waals surface area contributed by atoms with Crippen molar-refractivity contribution in [3.8, 4) is 5.75 Å². The smallest absolute Gasteiger partial charge is 0.310 e. The molecule has 3 N–H and O–H groups in total. The van der Waals surface area contributed by atoms with Gasteiger partial charge in [0.15, 0.2) is 5.75 Å². The molecule has 0 amide bonds. The number of aliphatic hydroxyl groups is 1. The fourth-order valence-electron chi connectivity index (χ4n) is 1.36. The lowest BCUT2D eigenvalue weighted by atomic mass is 10.1. The van der Waals surface area contributed by atoms with E-state index in [-0.39, 0.29) is 18.0 Å². The third-order valence-electron chi connectivity index (χ3n) is 2.18. The standard InChI is InChI=1S/C10H14N2O4/c1-16-10-5-7(4-8(13)6-11)2-3-9(10)12(14)15/h2-3,5,8,13H,4,6,11H2,1H3. The largest absolute Gasteiger partial charge is 0.490 e. The number of nitro groups is 1. The van der Waals surface area contributed by atoms with E-state index >= 15 is 0 Å². The highest BCUT2D eigenvalue weighted by molar-refractivity contribution is 5.48. The Morgan fingerprint density at radius 3 is 2.81 bits per heavy atom. The molecule has 0 saturated heterocycles. The number of benzene rings is 1. The van der Waals surface area contributed by atoms with Crippen LogP contribution >= 0.6 is 0 Å². The second-order valence-electron chi connectivity index (χ2n) is 3.36. The quantitative estimate of drug-likeness (QED) is 0.561. The molecule has 1 rings (SSSR count). The number of nitrogens with two attached hydrogens (primary N) is 1. The van der Waals surface area contributed by atoms with E-state index in [9.17, 15) is 15.2 Å². The molecule has 0 fully saturated rings. The van der Waals surface area contributed by atoms with Gasteiger partial charge < -0.3 is 15.6 Å². The van der Waals surface area contributed by atoms with Crippen LogP contribution in [0.25, 0.3) is 0 Å². The highest BCUT2D eigenvalue weighted by atomic mass is 16.6. The normalized spacial score (nSPS) is 12.2. The van der Waals surface area contributed by atoms with Crippen LogP contribution in [0, 0.1) is 10.1 Å². The first-order valence-electron chi connectivity index (χ1n) is 4.78. The Kier molecular flexibility index (Phi) is 4.21. The lowest BCUT2D eigenvalue weighted by Crippen LogP contribution is -2.21. The molecule has 1 atom stereocenters. The zero-order valence-corrected chi connectivity index (χ0v) is 8.92. The second-order valence-corrected chi connectivity index (χ2v) is 3.36. The fourth-order valence-corrected chi connectivity index (χ4v) is 1.36. The Balaban J connectivity index is 2.95. The molecule has 0 saturated carbocycles. The first-order chi connectivity index (χ1) is 7.58. The maximum atomic E-state index is 10.6. The zero-order chi connectivity index (χ0) is 12.1. The summed E-state index contributed by atoms with van der Waals surface area (Å²) in [4.78, 5) is 10.1. The molecule has 0 aliphatic carbocycles. The van der Waals surface area contributed by atoms with Gasteiger partial charge in [-0.25, -0.2) is 0 Å². The topological polar surface area (TPSA) is 98.6 Å². The molecule has 0 radical (unpaired) electrons. The first kappa shape index (κ1) is 12.4. The minimum absolute atomic E-state index is 0.0894. The Bertz CT molecular complexity index is 381. The van der Waals surface area contributed by atoms with E-state index < -0.39 is 11.0 Å². The third kappa shape index (κ3) is 2.91. The van der Waals surface area contributed by atoms with Gasteiger partial charge >= 0.3 is 5.69 Å². The van der Waals surface area contributed by atoms with Gasteiger partial charge in [-0.2, -0.15) is 0 Å². The number of aliphatic hydroxyl groups excluding tert-OH is 1. The molecule has 1 aromatic carbocycles. The van der Waals surface area contributed by atoms with Crippen LogP contribution in [0.2, 0.25) is 0 Å². The molecular formula is C10H14N2O4.